The summed E-state index contributed by atoms with van der Waals surface area (Å²) in [7, 11) is 1.47. The van der Waals surface area contributed by atoms with Gasteiger partial charge in [-0.2, -0.15) is 13.2 Å². The summed E-state index contributed by atoms with van der Waals surface area (Å²) in [6, 6.07) is 9.52. The van der Waals surface area contributed by atoms with Crippen LogP contribution < -0.4 is 9.47 Å². The number of methoxy groups -OCH3 is 1. The van der Waals surface area contributed by atoms with Crippen LogP contribution >= 0.6 is 0 Å². The molecule has 0 saturated heterocycles. The highest BCUT2D eigenvalue weighted by Gasteiger charge is 2.30. The highest BCUT2D eigenvalue weighted by molar-refractivity contribution is 6.07. The highest BCUT2D eigenvalue weighted by Crippen LogP contribution is 2.30. The minimum atomic E-state index is -4.43. The number of alkyl halides is 3. The standard InChI is InChI=1S/C22H21F3O3/c1-15(2)11-12-28-20-10-8-17(14-21(20)27-3)19(26)9-7-16-5-4-6-18(13-16)22(23,24)25/h4-11,13-14H,12H2,1-3H3/b9-7+. The van der Waals surface area contributed by atoms with Crippen molar-refractivity contribution >= 4 is 11.9 Å². The average Bonchev–Trinajstić information content (AvgIpc) is 2.65. The Morgan fingerprint density at radius 3 is 2.46 bits per heavy atom. The second-order valence-corrected chi connectivity index (χ2v) is 6.28. The molecule has 28 heavy (non-hydrogen) atoms. The van der Waals surface area contributed by atoms with Crippen LogP contribution in [0.3, 0.4) is 0 Å². The molecule has 0 aliphatic carbocycles. The van der Waals surface area contributed by atoms with E-state index in [0.717, 1.165) is 17.7 Å². The number of ketones is 1. The summed E-state index contributed by atoms with van der Waals surface area (Å²) in [5, 5.41) is 0. The van der Waals surface area contributed by atoms with Crippen LogP contribution in [0.25, 0.3) is 6.08 Å². The van der Waals surface area contributed by atoms with Crippen molar-refractivity contribution in [1.29, 1.82) is 0 Å². The molecule has 148 valence electrons. The zero-order valence-electron chi connectivity index (χ0n) is 15.8. The van der Waals surface area contributed by atoms with Gasteiger partial charge in [0.05, 0.1) is 12.7 Å². The molecule has 3 nitrogen and oxygen atoms in total. The van der Waals surface area contributed by atoms with E-state index in [0.29, 0.717) is 23.7 Å². The van der Waals surface area contributed by atoms with Crippen LogP contribution in [0.2, 0.25) is 0 Å². The molecule has 0 radical (unpaired) electrons. The number of hydrogen-bond donors (Lipinski definition) is 0. The topological polar surface area (TPSA) is 35.5 Å². The molecule has 6 heteroatoms. The molecule has 2 rings (SSSR count). The summed E-state index contributed by atoms with van der Waals surface area (Å²) < 4.78 is 49.2. The molecule has 2 aromatic rings. The molecule has 0 aliphatic heterocycles. The number of allylic oxidation sites excluding steroid dienone is 2. The van der Waals surface area contributed by atoms with Crippen molar-refractivity contribution in [2.24, 2.45) is 0 Å². The minimum absolute atomic E-state index is 0.289. The Morgan fingerprint density at radius 1 is 1.07 bits per heavy atom. The number of hydrogen-bond acceptors (Lipinski definition) is 3. The van der Waals surface area contributed by atoms with E-state index in [2.05, 4.69) is 0 Å². The lowest BCUT2D eigenvalue weighted by molar-refractivity contribution is -0.137. The van der Waals surface area contributed by atoms with Gasteiger partial charge >= 0.3 is 6.18 Å². The first-order chi connectivity index (χ1) is 13.2. The SMILES string of the molecule is COc1cc(C(=O)/C=C/c2cccc(C(F)(F)F)c2)ccc1OCC=C(C)C. The van der Waals surface area contributed by atoms with Gasteiger partial charge < -0.3 is 9.47 Å². The van der Waals surface area contributed by atoms with E-state index in [9.17, 15) is 18.0 Å². The van der Waals surface area contributed by atoms with Gasteiger partial charge in [0.25, 0.3) is 0 Å². The number of carbonyl (C=O) groups excluding carboxylic acids is 1. The van der Waals surface area contributed by atoms with Crippen LogP contribution in [0.5, 0.6) is 11.5 Å². The molecule has 0 N–H and O–H groups in total. The Morgan fingerprint density at radius 2 is 1.82 bits per heavy atom. The molecule has 0 aromatic heterocycles. The molecular formula is C22H21F3O3. The van der Waals surface area contributed by atoms with Crippen molar-refractivity contribution < 1.29 is 27.4 Å². The molecule has 0 heterocycles. The van der Waals surface area contributed by atoms with Crippen molar-refractivity contribution in [3.63, 3.8) is 0 Å². The number of benzene rings is 2. The van der Waals surface area contributed by atoms with Crippen molar-refractivity contribution in [1.82, 2.24) is 0 Å². The van der Waals surface area contributed by atoms with E-state index >= 15 is 0 Å². The lowest BCUT2D eigenvalue weighted by atomic mass is 10.1. The molecule has 0 amide bonds. The largest absolute Gasteiger partial charge is 0.493 e. The zero-order chi connectivity index (χ0) is 20.7. The second-order valence-electron chi connectivity index (χ2n) is 6.28. The van der Waals surface area contributed by atoms with E-state index in [1.807, 2.05) is 19.9 Å². The highest BCUT2D eigenvalue weighted by atomic mass is 19.4. The van der Waals surface area contributed by atoms with Gasteiger partial charge in [-0.15, -0.1) is 0 Å². The van der Waals surface area contributed by atoms with E-state index < -0.39 is 11.7 Å². The Balaban J connectivity index is 2.16. The first kappa shape index (κ1) is 21.3. The second kappa shape index (κ2) is 9.26. The van der Waals surface area contributed by atoms with Gasteiger partial charge in [0.15, 0.2) is 17.3 Å². The molecule has 0 bridgehead atoms. The lowest BCUT2D eigenvalue weighted by Gasteiger charge is -2.10. The number of ether oxygens (including phenoxy) is 2. The fourth-order valence-corrected chi connectivity index (χ4v) is 2.33. The first-order valence-corrected chi connectivity index (χ1v) is 8.54. The Bertz CT molecular complexity index is 892. The van der Waals surface area contributed by atoms with Crippen molar-refractivity contribution in [2.75, 3.05) is 13.7 Å². The lowest BCUT2D eigenvalue weighted by Crippen LogP contribution is -2.04. The predicted molar refractivity (Wildman–Crippen MR) is 103 cm³/mol. The normalized spacial score (nSPS) is 11.4. The first-order valence-electron chi connectivity index (χ1n) is 8.54. The summed E-state index contributed by atoms with van der Waals surface area (Å²) in [5.41, 5.74) is 0.985. The third-order valence-electron chi connectivity index (χ3n) is 3.82. The molecule has 0 aliphatic rings. The van der Waals surface area contributed by atoms with Crippen LogP contribution in [-0.4, -0.2) is 19.5 Å². The van der Waals surface area contributed by atoms with Gasteiger partial charge in [-0.1, -0.05) is 23.8 Å². The third-order valence-corrected chi connectivity index (χ3v) is 3.82. The average molecular weight is 390 g/mol. The summed E-state index contributed by atoms with van der Waals surface area (Å²) in [6.45, 7) is 4.29. The van der Waals surface area contributed by atoms with E-state index in [1.54, 1.807) is 12.1 Å². The maximum atomic E-state index is 12.8. The fourth-order valence-electron chi connectivity index (χ4n) is 2.33. The smallest absolute Gasteiger partial charge is 0.416 e. The Labute approximate surface area is 162 Å². The predicted octanol–water partition coefficient (Wildman–Crippen LogP) is 5.96. The van der Waals surface area contributed by atoms with Crippen LogP contribution in [0.1, 0.15) is 35.3 Å². The van der Waals surface area contributed by atoms with Gasteiger partial charge in [-0.05, 0) is 61.9 Å². The van der Waals surface area contributed by atoms with Gasteiger partial charge in [0.2, 0.25) is 0 Å². The number of halogens is 3. The molecule has 0 fully saturated rings. The number of carbonyl (C=O) groups is 1. The van der Waals surface area contributed by atoms with Crippen molar-refractivity contribution in [3.05, 3.63) is 76.9 Å². The van der Waals surface area contributed by atoms with E-state index in [-0.39, 0.29) is 11.3 Å². The molecular weight excluding hydrogens is 369 g/mol. The molecule has 0 saturated carbocycles. The maximum Gasteiger partial charge on any atom is 0.416 e. The van der Waals surface area contributed by atoms with Crippen LogP contribution in [-0.2, 0) is 6.18 Å². The van der Waals surface area contributed by atoms with Crippen molar-refractivity contribution in [2.45, 2.75) is 20.0 Å². The fraction of sp³-hybridized carbons (Fsp3) is 0.227. The van der Waals surface area contributed by atoms with Crippen LogP contribution in [0.15, 0.2) is 60.2 Å². The Kier molecular flexibility index (Phi) is 7.04. The summed E-state index contributed by atoms with van der Waals surface area (Å²) in [5.74, 6) is 0.547. The maximum absolute atomic E-state index is 12.8. The number of rotatable bonds is 7. The van der Waals surface area contributed by atoms with Gasteiger partial charge in [0, 0.05) is 5.56 Å². The Hall–Kier alpha value is -3.02. The monoisotopic (exact) mass is 390 g/mol. The van der Waals surface area contributed by atoms with Crippen molar-refractivity contribution in [3.8, 4) is 11.5 Å². The van der Waals surface area contributed by atoms with E-state index in [1.165, 1.54) is 37.5 Å². The van der Waals surface area contributed by atoms with Gasteiger partial charge in [-0.3, -0.25) is 4.79 Å². The quantitative estimate of drug-likeness (QED) is 0.333. The summed E-state index contributed by atoms with van der Waals surface area (Å²) in [4.78, 5) is 12.4. The summed E-state index contributed by atoms with van der Waals surface area (Å²) in [6.07, 6.45) is 0.0656. The molecule has 0 unspecified atom stereocenters. The zero-order valence-corrected chi connectivity index (χ0v) is 15.8. The van der Waals surface area contributed by atoms with Gasteiger partial charge in [0.1, 0.15) is 6.61 Å². The van der Waals surface area contributed by atoms with Gasteiger partial charge in [-0.25, -0.2) is 0 Å². The minimum Gasteiger partial charge on any atom is -0.493 e. The molecule has 0 atom stereocenters. The summed E-state index contributed by atoms with van der Waals surface area (Å²) >= 11 is 0. The molecule has 0 spiro atoms. The van der Waals surface area contributed by atoms with Crippen LogP contribution in [0, 0.1) is 0 Å². The third kappa shape index (κ3) is 6.01. The van der Waals surface area contributed by atoms with Crippen LogP contribution in [0.4, 0.5) is 13.2 Å². The van der Waals surface area contributed by atoms with E-state index in [4.69, 9.17) is 9.47 Å². The molecule has 2 aromatic carbocycles.